The molecule has 1 aromatic rings. The Hall–Kier alpha value is -2.38. The number of carbonyl (C=O) groups excluding carboxylic acids is 2. The number of fused-ring (bicyclic) bond motifs is 1. The molecule has 2 aliphatic heterocycles. The summed E-state index contributed by atoms with van der Waals surface area (Å²) in [6.07, 6.45) is 5.78. The molecule has 2 aliphatic rings. The molecule has 1 saturated heterocycles. The summed E-state index contributed by atoms with van der Waals surface area (Å²) in [7, 11) is 1.96. The van der Waals surface area contributed by atoms with Crippen LogP contribution in [-0.4, -0.2) is 66.6 Å². The molecule has 3 rings (SSSR count). The number of aromatic nitrogens is 2. The van der Waals surface area contributed by atoms with Crippen molar-refractivity contribution in [2.45, 2.75) is 26.2 Å². The van der Waals surface area contributed by atoms with E-state index in [4.69, 9.17) is 0 Å². The van der Waals surface area contributed by atoms with E-state index in [0.717, 1.165) is 37.3 Å². The molecule has 1 fully saturated rings. The smallest absolute Gasteiger partial charge is 0.324 e. The third-order valence-electron chi connectivity index (χ3n) is 4.83. The van der Waals surface area contributed by atoms with E-state index < -0.39 is 0 Å². The summed E-state index contributed by atoms with van der Waals surface area (Å²) in [6.45, 7) is 5.20. The molecule has 0 radical (unpaired) electrons. The zero-order valence-corrected chi connectivity index (χ0v) is 14.9. The number of hydrogen-bond acceptors (Lipinski definition) is 5. The number of piperidine rings is 1. The van der Waals surface area contributed by atoms with Gasteiger partial charge in [-0.1, -0.05) is 6.92 Å². The summed E-state index contributed by atoms with van der Waals surface area (Å²) in [5.41, 5.74) is 0.735. The van der Waals surface area contributed by atoms with Gasteiger partial charge in [0.1, 0.15) is 12.0 Å². The lowest BCUT2D eigenvalue weighted by atomic mass is 9.97. The van der Waals surface area contributed by atoms with E-state index >= 15 is 0 Å². The van der Waals surface area contributed by atoms with Crippen LogP contribution in [0.4, 0.5) is 16.3 Å². The van der Waals surface area contributed by atoms with Crippen molar-refractivity contribution in [2.75, 3.05) is 49.6 Å². The lowest BCUT2D eigenvalue weighted by Gasteiger charge is -2.39. The number of carbonyl (C=O) groups is 2. The largest absolute Gasteiger partial charge is 0.356 e. The molecule has 8 heteroatoms. The molecule has 1 unspecified atom stereocenters. The number of hydrogen-bond donors (Lipinski definition) is 1. The summed E-state index contributed by atoms with van der Waals surface area (Å²) in [5, 5.41) is 2.95. The van der Waals surface area contributed by atoms with Crippen molar-refractivity contribution < 1.29 is 9.59 Å². The molecule has 3 heterocycles. The van der Waals surface area contributed by atoms with Gasteiger partial charge in [-0.2, -0.15) is 0 Å². The van der Waals surface area contributed by atoms with Crippen molar-refractivity contribution in [1.29, 1.82) is 0 Å². The van der Waals surface area contributed by atoms with Gasteiger partial charge in [0.15, 0.2) is 5.82 Å². The average Bonchev–Trinajstić information content (AvgIpc) is 2.66. The van der Waals surface area contributed by atoms with Gasteiger partial charge in [-0.05, 0) is 19.3 Å². The van der Waals surface area contributed by atoms with E-state index in [0.29, 0.717) is 26.2 Å². The second-order valence-electron chi connectivity index (χ2n) is 6.66. The first-order valence-electron chi connectivity index (χ1n) is 8.97. The number of likely N-dealkylation sites (N-methyl/N-ethyl adjacent to an activating group) is 1. The van der Waals surface area contributed by atoms with Crippen molar-refractivity contribution in [3.63, 3.8) is 0 Å². The second kappa shape index (κ2) is 7.67. The van der Waals surface area contributed by atoms with E-state index in [9.17, 15) is 9.59 Å². The van der Waals surface area contributed by atoms with Gasteiger partial charge in [-0.3, -0.25) is 9.69 Å². The van der Waals surface area contributed by atoms with Gasteiger partial charge in [0.05, 0.1) is 12.1 Å². The van der Waals surface area contributed by atoms with Gasteiger partial charge in [0.2, 0.25) is 5.91 Å². The molecule has 8 nitrogen and oxygen atoms in total. The highest BCUT2D eigenvalue weighted by Gasteiger charge is 2.33. The number of anilines is 2. The molecule has 0 aromatic carbocycles. The Kier molecular flexibility index (Phi) is 5.35. The van der Waals surface area contributed by atoms with Crippen LogP contribution in [0.1, 0.15) is 26.2 Å². The number of amides is 3. The number of nitrogens with zero attached hydrogens (tertiary/aromatic N) is 5. The maximum atomic E-state index is 13.1. The summed E-state index contributed by atoms with van der Waals surface area (Å²) in [5.74, 6) is 0.702. The predicted molar refractivity (Wildman–Crippen MR) is 95.6 cm³/mol. The second-order valence-corrected chi connectivity index (χ2v) is 6.66. The van der Waals surface area contributed by atoms with Gasteiger partial charge in [-0.25, -0.2) is 14.8 Å². The molecule has 3 amide bonds. The summed E-state index contributed by atoms with van der Waals surface area (Å²) < 4.78 is 0. The van der Waals surface area contributed by atoms with Crippen LogP contribution < -0.4 is 15.1 Å². The van der Waals surface area contributed by atoms with Crippen LogP contribution in [0.3, 0.4) is 0 Å². The number of likely N-dealkylation sites (tertiary alicyclic amines) is 1. The van der Waals surface area contributed by atoms with E-state index in [1.165, 1.54) is 6.33 Å². The van der Waals surface area contributed by atoms with Crippen LogP contribution in [0.25, 0.3) is 0 Å². The Labute approximate surface area is 148 Å². The monoisotopic (exact) mass is 346 g/mol. The maximum absolute atomic E-state index is 13.1. The number of nitrogens with one attached hydrogen (secondary N) is 1. The highest BCUT2D eigenvalue weighted by Crippen LogP contribution is 2.30. The van der Waals surface area contributed by atoms with E-state index in [1.807, 2.05) is 18.9 Å². The molecule has 0 bridgehead atoms. The first-order chi connectivity index (χ1) is 12.1. The van der Waals surface area contributed by atoms with Crippen LogP contribution in [0, 0.1) is 5.92 Å². The molecule has 0 aliphatic carbocycles. The zero-order valence-electron chi connectivity index (χ0n) is 14.9. The van der Waals surface area contributed by atoms with E-state index in [-0.39, 0.29) is 17.9 Å². The fraction of sp³-hybridized carbons (Fsp3) is 0.647. The van der Waals surface area contributed by atoms with Gasteiger partial charge < -0.3 is 15.1 Å². The van der Waals surface area contributed by atoms with Gasteiger partial charge in [-0.15, -0.1) is 0 Å². The molecular formula is C17H26N6O2. The fourth-order valence-electron chi connectivity index (χ4n) is 3.40. The molecule has 0 saturated carbocycles. The quantitative estimate of drug-likeness (QED) is 0.886. The van der Waals surface area contributed by atoms with Crippen molar-refractivity contribution in [1.82, 2.24) is 20.2 Å². The standard InChI is InChI=1S/C17H26N6O2/c1-3-6-19-16(24)13-5-4-7-22(11-13)17(25)23-9-8-21(2)15-14(23)10-18-12-20-15/h10,12-13H,3-9,11H2,1-2H3,(H,19,24). The van der Waals surface area contributed by atoms with Gasteiger partial charge >= 0.3 is 6.03 Å². The minimum Gasteiger partial charge on any atom is -0.356 e. The molecule has 1 atom stereocenters. The Morgan fingerprint density at radius 2 is 2.16 bits per heavy atom. The molecular weight excluding hydrogens is 320 g/mol. The summed E-state index contributed by atoms with van der Waals surface area (Å²) >= 11 is 0. The Balaban J connectivity index is 1.71. The zero-order chi connectivity index (χ0) is 17.8. The predicted octanol–water partition coefficient (Wildman–Crippen LogP) is 1.09. The molecule has 25 heavy (non-hydrogen) atoms. The minimum atomic E-state index is -0.122. The van der Waals surface area contributed by atoms with Crippen LogP contribution in [0.2, 0.25) is 0 Å². The number of urea groups is 1. The highest BCUT2D eigenvalue weighted by molar-refractivity contribution is 5.96. The van der Waals surface area contributed by atoms with Gasteiger partial charge in [0, 0.05) is 39.8 Å². The third kappa shape index (κ3) is 3.67. The average molecular weight is 346 g/mol. The topological polar surface area (TPSA) is 81.7 Å². The first-order valence-corrected chi connectivity index (χ1v) is 8.97. The first kappa shape index (κ1) is 17.4. The van der Waals surface area contributed by atoms with E-state index in [2.05, 4.69) is 15.3 Å². The normalized spacial score (nSPS) is 20.2. The third-order valence-corrected chi connectivity index (χ3v) is 4.83. The van der Waals surface area contributed by atoms with Crippen LogP contribution in [0.15, 0.2) is 12.5 Å². The molecule has 0 spiro atoms. The van der Waals surface area contributed by atoms with Crippen LogP contribution in [0.5, 0.6) is 0 Å². The fourth-order valence-corrected chi connectivity index (χ4v) is 3.40. The van der Waals surface area contributed by atoms with Crippen molar-refractivity contribution in [3.8, 4) is 0 Å². The van der Waals surface area contributed by atoms with Crippen molar-refractivity contribution >= 4 is 23.4 Å². The Bertz CT molecular complexity index is 637. The SMILES string of the molecule is CCCNC(=O)C1CCCN(C(=O)N2CCN(C)c3ncncc32)C1. The van der Waals surface area contributed by atoms with Crippen molar-refractivity contribution in [2.24, 2.45) is 5.92 Å². The lowest BCUT2D eigenvalue weighted by Crippen LogP contribution is -2.53. The molecule has 1 aromatic heterocycles. The van der Waals surface area contributed by atoms with E-state index in [1.54, 1.807) is 16.0 Å². The lowest BCUT2D eigenvalue weighted by molar-refractivity contribution is -0.126. The van der Waals surface area contributed by atoms with Crippen LogP contribution >= 0.6 is 0 Å². The van der Waals surface area contributed by atoms with Crippen molar-refractivity contribution in [3.05, 3.63) is 12.5 Å². The molecule has 136 valence electrons. The highest BCUT2D eigenvalue weighted by atomic mass is 16.2. The summed E-state index contributed by atoms with van der Waals surface area (Å²) in [6, 6.07) is -0.0582. The minimum absolute atomic E-state index is 0.0569. The van der Waals surface area contributed by atoms with Crippen LogP contribution in [-0.2, 0) is 4.79 Å². The Morgan fingerprint density at radius 1 is 1.32 bits per heavy atom. The molecule has 1 N–H and O–H groups in total. The maximum Gasteiger partial charge on any atom is 0.324 e. The number of rotatable bonds is 3. The van der Waals surface area contributed by atoms with Gasteiger partial charge in [0.25, 0.3) is 0 Å². The summed E-state index contributed by atoms with van der Waals surface area (Å²) in [4.78, 5) is 39.2. The Morgan fingerprint density at radius 3 is 2.96 bits per heavy atom.